The average Bonchev–Trinajstić information content (AvgIpc) is 2.76. The second-order valence-electron chi connectivity index (χ2n) is 5.65. The monoisotopic (exact) mass is 375 g/mol. The molecule has 5 nitrogen and oxygen atoms in total. The molecule has 2 fully saturated rings. The summed E-state index contributed by atoms with van der Waals surface area (Å²) in [4.78, 5) is 3.11. The molecule has 1 aromatic carbocycles. The molecule has 3 aliphatic rings. The van der Waals surface area contributed by atoms with Gasteiger partial charge in [-0.3, -0.25) is 5.73 Å². The lowest BCUT2D eigenvalue weighted by Crippen LogP contribution is -2.88. The van der Waals surface area contributed by atoms with E-state index in [1.165, 1.54) is 11.8 Å². The molecule has 1 aliphatic carbocycles. The van der Waals surface area contributed by atoms with Gasteiger partial charge in [-0.1, -0.05) is 45.9 Å². The number of rotatable bonds is 1. The van der Waals surface area contributed by atoms with Gasteiger partial charge < -0.3 is 4.74 Å². The van der Waals surface area contributed by atoms with Crippen molar-refractivity contribution in [1.82, 2.24) is 0 Å². The van der Waals surface area contributed by atoms with Gasteiger partial charge in [0.2, 0.25) is 0 Å². The molecule has 7 heteroatoms. The van der Waals surface area contributed by atoms with Gasteiger partial charge in [0.15, 0.2) is 10.8 Å². The molecule has 3 N–H and O–H groups in total. The molecule has 4 rings (SSSR count). The van der Waals surface area contributed by atoms with E-state index in [0.29, 0.717) is 12.4 Å². The molecular formula is C15H12BrN4OS+. The number of fused-ring (bicyclic) bond motifs is 2. The molecule has 1 saturated carbocycles. The topological polar surface area (TPSA) is 96.8 Å². The first-order valence-corrected chi connectivity index (χ1v) is 8.63. The molecule has 0 unspecified atom stereocenters. The summed E-state index contributed by atoms with van der Waals surface area (Å²) in [5, 5.41) is 19.0. The van der Waals surface area contributed by atoms with Crippen molar-refractivity contribution in [3.05, 3.63) is 34.3 Å². The fourth-order valence-corrected chi connectivity index (χ4v) is 5.86. The highest BCUT2D eigenvalue weighted by atomic mass is 79.9. The van der Waals surface area contributed by atoms with Crippen LogP contribution in [-0.2, 0) is 4.74 Å². The first kappa shape index (κ1) is 14.1. The average molecular weight is 376 g/mol. The van der Waals surface area contributed by atoms with Crippen LogP contribution in [0.15, 0.2) is 28.7 Å². The normalized spacial score (nSPS) is 41.6. The Morgan fingerprint density at radius 1 is 1.36 bits per heavy atom. The maximum Gasteiger partial charge on any atom is 0.277 e. The molecule has 2 aliphatic heterocycles. The summed E-state index contributed by atoms with van der Waals surface area (Å²) >= 11 is 5.06. The lowest BCUT2D eigenvalue weighted by atomic mass is 9.95. The Morgan fingerprint density at radius 3 is 2.73 bits per heavy atom. The molecule has 0 radical (unpaired) electrons. The molecule has 110 valence electrons. The van der Waals surface area contributed by atoms with Gasteiger partial charge in [-0.05, 0) is 11.6 Å². The number of benzene rings is 1. The summed E-state index contributed by atoms with van der Waals surface area (Å²) in [5.74, 6) is 0.803. The predicted molar refractivity (Wildman–Crippen MR) is 84.3 cm³/mol. The summed E-state index contributed by atoms with van der Waals surface area (Å²) in [6, 6.07) is 12.4. The Balaban J connectivity index is 1.97. The SMILES string of the molecule is N#C[C@@]12[C@@H](c3ccccc3Br)[C@]1(C#N)C(N)=[NH+][C@@]21OCCS1. The molecule has 1 saturated heterocycles. The number of nitriles is 2. The molecular weight excluding hydrogens is 364 g/mol. The van der Waals surface area contributed by atoms with Gasteiger partial charge in [0.05, 0.1) is 18.7 Å². The number of hydrogen-bond acceptors (Lipinski definition) is 5. The van der Waals surface area contributed by atoms with Crippen molar-refractivity contribution in [3.63, 3.8) is 0 Å². The van der Waals surface area contributed by atoms with E-state index in [1.807, 2.05) is 24.3 Å². The van der Waals surface area contributed by atoms with E-state index < -0.39 is 15.9 Å². The highest BCUT2D eigenvalue weighted by molar-refractivity contribution is 9.10. The lowest BCUT2D eigenvalue weighted by molar-refractivity contribution is -0.583. The molecule has 0 bridgehead atoms. The van der Waals surface area contributed by atoms with Crippen molar-refractivity contribution in [2.75, 3.05) is 12.4 Å². The van der Waals surface area contributed by atoms with Gasteiger partial charge in [-0.2, -0.15) is 10.5 Å². The second kappa shape index (κ2) is 4.26. The maximum absolute atomic E-state index is 10.0. The Morgan fingerprint density at radius 2 is 2.14 bits per heavy atom. The van der Waals surface area contributed by atoms with E-state index in [4.69, 9.17) is 10.5 Å². The van der Waals surface area contributed by atoms with E-state index in [-0.39, 0.29) is 5.92 Å². The number of hydrogen-bond donors (Lipinski definition) is 2. The fourth-order valence-electron chi connectivity index (χ4n) is 3.99. The summed E-state index contributed by atoms with van der Waals surface area (Å²) in [6.07, 6.45) is 0. The van der Waals surface area contributed by atoms with Crippen LogP contribution in [0.25, 0.3) is 0 Å². The third kappa shape index (κ3) is 1.24. The molecule has 1 spiro atoms. The molecule has 0 amide bonds. The van der Waals surface area contributed by atoms with Crippen LogP contribution in [0.5, 0.6) is 0 Å². The zero-order chi connectivity index (χ0) is 15.6. The standard InChI is InChI=1S/C15H11BrN4OS/c16-10-4-2-1-3-9(10)11-13(7-17)12(19)20-15(14(11,13)8-18)21-5-6-22-15/h1-4,11H,5-6H2,(H2,19,20)/p+1/t11-,13+,14+,15+/m0/s1. The Kier molecular flexibility index (Phi) is 2.73. The number of nitrogens with one attached hydrogen (secondary N) is 1. The Labute approximate surface area is 140 Å². The number of nitrogens with zero attached hydrogens (tertiary/aromatic N) is 2. The van der Waals surface area contributed by atoms with E-state index >= 15 is 0 Å². The van der Waals surface area contributed by atoms with Crippen LogP contribution in [0.2, 0.25) is 0 Å². The molecule has 1 aromatic rings. The van der Waals surface area contributed by atoms with Gasteiger partial charge in [0.25, 0.3) is 10.9 Å². The quantitative estimate of drug-likeness (QED) is 0.741. The van der Waals surface area contributed by atoms with Gasteiger partial charge in [-0.25, -0.2) is 4.99 Å². The third-order valence-corrected chi connectivity index (χ3v) is 6.95. The zero-order valence-corrected chi connectivity index (χ0v) is 13.9. The van der Waals surface area contributed by atoms with Gasteiger partial charge in [0, 0.05) is 16.1 Å². The smallest absolute Gasteiger partial charge is 0.277 e. The van der Waals surface area contributed by atoms with Crippen LogP contribution in [-0.4, -0.2) is 23.3 Å². The molecule has 2 heterocycles. The van der Waals surface area contributed by atoms with Crippen LogP contribution >= 0.6 is 27.7 Å². The number of amidine groups is 1. The van der Waals surface area contributed by atoms with Crippen LogP contribution in [0.3, 0.4) is 0 Å². The Hall–Kier alpha value is -1.54. The molecule has 4 atom stereocenters. The van der Waals surface area contributed by atoms with E-state index in [1.54, 1.807) is 0 Å². The minimum Gasteiger partial charge on any atom is -0.327 e. The first-order valence-electron chi connectivity index (χ1n) is 6.85. The molecule has 22 heavy (non-hydrogen) atoms. The van der Waals surface area contributed by atoms with E-state index in [2.05, 4.69) is 33.1 Å². The minimum absolute atomic E-state index is 0.308. The van der Waals surface area contributed by atoms with E-state index in [9.17, 15) is 10.5 Å². The van der Waals surface area contributed by atoms with Gasteiger partial charge >= 0.3 is 0 Å². The summed E-state index contributed by atoms with van der Waals surface area (Å²) in [5.41, 5.74) is 5.04. The number of thioether (sulfide) groups is 1. The van der Waals surface area contributed by atoms with Crippen LogP contribution in [0.1, 0.15) is 11.5 Å². The first-order chi connectivity index (χ1) is 10.6. The highest BCUT2D eigenvalue weighted by Gasteiger charge is 2.96. The van der Waals surface area contributed by atoms with Crippen LogP contribution in [0, 0.1) is 33.5 Å². The van der Waals surface area contributed by atoms with Crippen molar-refractivity contribution >= 4 is 33.5 Å². The minimum atomic E-state index is -1.05. The Bertz CT molecular complexity index is 791. The van der Waals surface area contributed by atoms with Crippen molar-refractivity contribution in [3.8, 4) is 12.1 Å². The van der Waals surface area contributed by atoms with Gasteiger partial charge in [-0.15, -0.1) is 0 Å². The summed E-state index contributed by atoms with van der Waals surface area (Å²) in [7, 11) is 0. The summed E-state index contributed by atoms with van der Waals surface area (Å²) in [6.45, 7) is 0.540. The van der Waals surface area contributed by atoms with Crippen molar-refractivity contribution in [1.29, 1.82) is 10.5 Å². The van der Waals surface area contributed by atoms with Gasteiger partial charge in [0.1, 0.15) is 0 Å². The second-order valence-corrected chi connectivity index (χ2v) is 7.77. The summed E-state index contributed by atoms with van der Waals surface area (Å²) < 4.78 is 6.78. The lowest BCUT2D eigenvalue weighted by Gasteiger charge is -2.23. The predicted octanol–water partition coefficient (Wildman–Crippen LogP) is 0.435. The van der Waals surface area contributed by atoms with Crippen molar-refractivity contribution in [2.45, 2.75) is 11.0 Å². The van der Waals surface area contributed by atoms with Crippen LogP contribution < -0.4 is 10.7 Å². The number of nitrogens with two attached hydrogens (primary N) is 1. The largest absolute Gasteiger partial charge is 0.327 e. The maximum atomic E-state index is 10.0. The van der Waals surface area contributed by atoms with E-state index in [0.717, 1.165) is 15.8 Å². The van der Waals surface area contributed by atoms with Crippen molar-refractivity contribution < 1.29 is 9.73 Å². The van der Waals surface area contributed by atoms with Crippen LogP contribution in [0.4, 0.5) is 0 Å². The fraction of sp³-hybridized carbons (Fsp3) is 0.400. The number of ether oxygens (including phenoxy) is 1. The number of halogens is 1. The third-order valence-electron chi connectivity index (χ3n) is 4.91. The zero-order valence-electron chi connectivity index (χ0n) is 11.5. The molecule has 0 aromatic heterocycles. The van der Waals surface area contributed by atoms with Crippen molar-refractivity contribution in [2.24, 2.45) is 16.6 Å². The highest BCUT2D eigenvalue weighted by Crippen LogP contribution is 2.81.